The number of rotatable bonds is 18. The highest BCUT2D eigenvalue weighted by molar-refractivity contribution is 5.90. The summed E-state index contributed by atoms with van der Waals surface area (Å²) < 4.78 is 5.60. The Hall–Kier alpha value is -4.03. The molecule has 0 aliphatic heterocycles. The second-order valence-corrected chi connectivity index (χ2v) is 36.1. The number of hydrogen-bond acceptors (Lipinski definition) is 8. The average molecular weight is 1250 g/mol. The number of ketones is 2. The van der Waals surface area contributed by atoms with E-state index in [1.165, 1.54) is 11.1 Å². The molecule has 0 saturated heterocycles. The highest BCUT2D eigenvalue weighted by Crippen LogP contribution is 2.80. The smallest absolute Gasteiger partial charge is 0.408 e. The van der Waals surface area contributed by atoms with Crippen molar-refractivity contribution in [3.05, 3.63) is 24.3 Å². The highest BCUT2D eigenvalue weighted by Gasteiger charge is 2.74. The van der Waals surface area contributed by atoms with Crippen molar-refractivity contribution in [1.82, 2.24) is 21.3 Å². The van der Waals surface area contributed by atoms with Crippen LogP contribution in [0.3, 0.4) is 0 Å². The molecule has 20 atom stereocenters. The van der Waals surface area contributed by atoms with E-state index in [2.05, 4.69) is 118 Å². The number of allylic oxidation sites excluding steroid dienone is 2. The fourth-order valence-corrected chi connectivity index (χ4v) is 25.6. The molecule has 90 heavy (non-hydrogen) atoms. The molecule has 4 amide bonds. The van der Waals surface area contributed by atoms with Crippen molar-refractivity contribution in [1.29, 1.82) is 0 Å². The number of unbranched alkanes of at least 4 members (excludes halogenated alkanes) is 2. The zero-order chi connectivity index (χ0) is 66.0. The average Bonchev–Trinajstić information content (AvgIpc) is 1.02. The summed E-state index contributed by atoms with van der Waals surface area (Å²) in [4.78, 5) is 97.0. The third-order valence-corrected chi connectivity index (χ3v) is 30.6. The van der Waals surface area contributed by atoms with Gasteiger partial charge in [-0.25, -0.2) is 9.59 Å². The quantitative estimate of drug-likeness (QED) is 0.0655. The highest BCUT2D eigenvalue weighted by atomic mass is 16.6. The molecule has 0 spiro atoms. The van der Waals surface area contributed by atoms with Crippen LogP contribution < -0.4 is 21.3 Å². The van der Waals surface area contributed by atoms with Gasteiger partial charge in [-0.3, -0.25) is 24.0 Å². The van der Waals surface area contributed by atoms with Crippen LogP contribution >= 0.6 is 0 Å². The van der Waals surface area contributed by atoms with Gasteiger partial charge in [0.15, 0.2) is 0 Å². The van der Waals surface area contributed by atoms with E-state index in [9.17, 15) is 33.9 Å². The number of carbonyl (C=O) groups is 7. The zero-order valence-corrected chi connectivity index (χ0v) is 58.9. The third-order valence-electron chi connectivity index (χ3n) is 30.6. The van der Waals surface area contributed by atoms with Gasteiger partial charge in [0.2, 0.25) is 17.7 Å². The monoisotopic (exact) mass is 1250 g/mol. The first-order chi connectivity index (χ1) is 41.9. The van der Waals surface area contributed by atoms with Crippen molar-refractivity contribution in [2.45, 2.75) is 288 Å². The summed E-state index contributed by atoms with van der Waals surface area (Å²) in [7, 11) is 0. The van der Waals surface area contributed by atoms with Crippen LogP contribution in [0.25, 0.3) is 0 Å². The number of nitrogens with one attached hydrogen (secondary N) is 4. The van der Waals surface area contributed by atoms with Crippen molar-refractivity contribution in [3.8, 4) is 0 Å². The Morgan fingerprint density at radius 2 is 0.922 bits per heavy atom. The van der Waals surface area contributed by atoms with Crippen molar-refractivity contribution in [2.24, 2.45) is 113 Å². The van der Waals surface area contributed by atoms with Crippen LogP contribution in [0.4, 0.5) is 4.79 Å². The number of aliphatic carboxylic acids is 1. The van der Waals surface area contributed by atoms with Crippen LogP contribution in [0.15, 0.2) is 24.3 Å². The van der Waals surface area contributed by atoms with Gasteiger partial charge in [0.25, 0.3) is 0 Å². The van der Waals surface area contributed by atoms with Gasteiger partial charge in [-0.1, -0.05) is 93.5 Å². The molecule has 0 bridgehead atoms. The lowest BCUT2D eigenvalue weighted by Crippen LogP contribution is -2.67. The molecule has 504 valence electrons. The third kappa shape index (κ3) is 10.8. The molecule has 5 N–H and O–H groups in total. The van der Waals surface area contributed by atoms with E-state index in [1.807, 2.05) is 0 Å². The summed E-state index contributed by atoms with van der Waals surface area (Å²) in [6.45, 7) is 43.7. The van der Waals surface area contributed by atoms with Gasteiger partial charge < -0.3 is 31.1 Å². The molecule has 10 aliphatic carbocycles. The fraction of sp³-hybridized carbons (Fsp3) is 0.857. The maximum atomic E-state index is 15.0. The standard InChI is InChI=1S/C77H122N4O9/c1-46(2)48-28-38-76(42-40-72(14)50(60(48)76)24-26-56-70(12)34-32-58(82)68(8,9)54(70)30-36-74(56,72)16)64(87)78-44-20-18-22-52(81-66(89)90-67(5,6)7)62(84)80-53(63(85)86)23-19-21-45-79-65(88)77-39-29-49(47(3)4)61(77)51-25-27-57-71(13)35-33-59(83)69(10,11)55(71)31-37-75(57,17)73(51,15)41-43-77/h48-57,60-61H,1,3,18-45H2,2,4-17H3,(H,78,87)(H,79,88)(H,80,84)(H,81,89)(H,85,86)/t48-,49-,50+,51+,52?,53?,54-,55-,56?,57?,60+,61+,70-,71-,72+,73+,74+,75+,76?,77?/m0/s1. The van der Waals surface area contributed by atoms with Gasteiger partial charge in [-0.05, 0) is 280 Å². The Balaban J connectivity index is 0.739. The molecule has 0 aromatic carbocycles. The SMILES string of the molecule is C=C(C)[C@@H]1CCC2(C(=O)NCCCCC(NC(=O)C(CCCCNC(=O)C34CC[C@@H](C(=C)C)[C@@H]3[C@H]3CCC5[C@@]6(C)CCC(=O)C(C)(C)[C@@H]6CC[C@@]5(C)[C@]3(C)CC4)NC(=O)OC(C)(C)C)C(=O)O)CC[C@]3(C)[C@H](CCC4[C@@]5(C)CCC(=O)C(C)(C)[C@@H]5CC[C@]43C)[C@@H]12. The van der Waals surface area contributed by atoms with Crippen molar-refractivity contribution in [2.75, 3.05) is 13.1 Å². The number of hydrogen-bond donors (Lipinski definition) is 5. The van der Waals surface area contributed by atoms with Gasteiger partial charge in [0.05, 0.1) is 10.8 Å². The van der Waals surface area contributed by atoms with E-state index in [0.29, 0.717) is 98.7 Å². The molecule has 0 heterocycles. The maximum Gasteiger partial charge on any atom is 0.408 e. The summed E-state index contributed by atoms with van der Waals surface area (Å²) in [6.07, 6.45) is 21.1. The second-order valence-electron chi connectivity index (χ2n) is 36.1. The molecule has 10 saturated carbocycles. The summed E-state index contributed by atoms with van der Waals surface area (Å²) in [5.41, 5.74) is 0.487. The van der Waals surface area contributed by atoms with E-state index in [0.717, 1.165) is 116 Å². The maximum absolute atomic E-state index is 15.0. The van der Waals surface area contributed by atoms with Gasteiger partial charge in [0, 0.05) is 36.8 Å². The number of fused-ring (bicyclic) bond motifs is 14. The number of ether oxygens (including phenoxy) is 1. The molecule has 0 aromatic heterocycles. The van der Waals surface area contributed by atoms with E-state index in [-0.39, 0.29) is 91.6 Å². The summed E-state index contributed by atoms with van der Waals surface area (Å²) in [6, 6.07) is -2.29. The molecule has 10 aliphatic rings. The lowest BCUT2D eigenvalue weighted by molar-refractivity contribution is -0.233. The summed E-state index contributed by atoms with van der Waals surface area (Å²) in [5.74, 6) is 2.90. The number of carboxylic acid groups (broad SMARTS) is 1. The van der Waals surface area contributed by atoms with Gasteiger partial charge >= 0.3 is 12.1 Å². The van der Waals surface area contributed by atoms with E-state index in [4.69, 9.17) is 4.74 Å². The number of alkyl carbamates (subject to hydrolysis) is 1. The number of carboxylic acids is 1. The molecule has 0 radical (unpaired) electrons. The van der Waals surface area contributed by atoms with Crippen molar-refractivity contribution in [3.63, 3.8) is 0 Å². The van der Waals surface area contributed by atoms with E-state index >= 15 is 4.79 Å². The number of amides is 4. The summed E-state index contributed by atoms with van der Waals surface area (Å²) >= 11 is 0. The Morgan fingerprint density at radius 3 is 1.31 bits per heavy atom. The first-order valence-corrected chi connectivity index (χ1v) is 36.3. The van der Waals surface area contributed by atoms with E-state index < -0.39 is 46.5 Å². The van der Waals surface area contributed by atoms with Crippen LogP contribution in [0.2, 0.25) is 0 Å². The van der Waals surface area contributed by atoms with Crippen LogP contribution in [0.1, 0.15) is 271 Å². The van der Waals surface area contributed by atoms with E-state index in [1.54, 1.807) is 20.8 Å². The van der Waals surface area contributed by atoms with Crippen LogP contribution in [-0.4, -0.2) is 77.2 Å². The second kappa shape index (κ2) is 24.0. The van der Waals surface area contributed by atoms with Crippen LogP contribution in [-0.2, 0) is 33.5 Å². The Labute approximate surface area is 542 Å². The van der Waals surface area contributed by atoms with Crippen LogP contribution in [0, 0.1) is 113 Å². The molecule has 13 nitrogen and oxygen atoms in total. The first kappa shape index (κ1) is 68.8. The zero-order valence-electron chi connectivity index (χ0n) is 58.9. The first-order valence-electron chi connectivity index (χ1n) is 36.3. The normalized spacial score (nSPS) is 42.7. The van der Waals surface area contributed by atoms with Crippen molar-refractivity contribution < 1.29 is 43.4 Å². The minimum absolute atomic E-state index is 0.0552. The molecule has 13 heteroatoms. The predicted octanol–water partition coefficient (Wildman–Crippen LogP) is 15.5. The largest absolute Gasteiger partial charge is 0.480 e. The lowest BCUT2D eigenvalue weighted by Gasteiger charge is -2.72. The van der Waals surface area contributed by atoms with Crippen molar-refractivity contribution >= 4 is 41.4 Å². The molecular formula is C77H122N4O9. The Kier molecular flexibility index (Phi) is 18.4. The fourth-order valence-electron chi connectivity index (χ4n) is 25.6. The minimum Gasteiger partial charge on any atom is -0.480 e. The number of carbonyl (C=O) groups excluding carboxylic acids is 6. The molecule has 6 unspecified atom stereocenters. The molecule has 10 rings (SSSR count). The number of Topliss-reactive ketones (excluding diaryl/α,β-unsaturated/α-hetero) is 2. The van der Waals surface area contributed by atoms with Gasteiger partial charge in [-0.2, -0.15) is 0 Å². The Bertz CT molecular complexity index is 2870. The predicted molar refractivity (Wildman–Crippen MR) is 354 cm³/mol. The Morgan fingerprint density at radius 1 is 0.511 bits per heavy atom. The molecule has 0 aromatic rings. The van der Waals surface area contributed by atoms with Crippen LogP contribution in [0.5, 0.6) is 0 Å². The lowest BCUT2D eigenvalue weighted by atomic mass is 9.32. The minimum atomic E-state index is -1.21. The van der Waals surface area contributed by atoms with Gasteiger partial charge in [0.1, 0.15) is 29.3 Å². The summed E-state index contributed by atoms with van der Waals surface area (Å²) in [5, 5.41) is 22.8. The molecular weight excluding hydrogens is 1120 g/mol. The van der Waals surface area contributed by atoms with Gasteiger partial charge in [-0.15, -0.1) is 0 Å². The molecule has 10 fully saturated rings. The topological polar surface area (TPSA) is 197 Å².